The summed E-state index contributed by atoms with van der Waals surface area (Å²) in [6.07, 6.45) is 0. The number of benzene rings is 2. The number of thioether (sulfide) groups is 1. The standard InChI is InChI=1S/C20H27N3O2S.HI/c1-21-20(22-11-14-26-19-9-4-3-5-10-19)23-16-17-7-6-8-18(15-17)25-13-12-24-2;/h3-10,15H,11-14,16H2,1-2H3,(H2,21,22,23);1H. The Labute approximate surface area is 183 Å². The number of guanidine groups is 1. The molecule has 0 amide bonds. The fourth-order valence-electron chi connectivity index (χ4n) is 2.25. The molecular formula is C20H28IN3O2S. The zero-order valence-electron chi connectivity index (χ0n) is 15.8. The highest BCUT2D eigenvalue weighted by atomic mass is 127. The van der Waals surface area contributed by atoms with Crippen LogP contribution in [0.5, 0.6) is 5.75 Å². The zero-order chi connectivity index (χ0) is 18.5. The van der Waals surface area contributed by atoms with Crippen molar-refractivity contribution in [3.05, 3.63) is 60.2 Å². The number of ether oxygens (including phenoxy) is 2. The highest BCUT2D eigenvalue weighted by molar-refractivity contribution is 14.0. The number of nitrogens with one attached hydrogen (secondary N) is 2. The van der Waals surface area contributed by atoms with Gasteiger partial charge in [-0.2, -0.15) is 0 Å². The first-order valence-corrected chi connectivity index (χ1v) is 9.63. The fourth-order valence-corrected chi connectivity index (χ4v) is 3.04. The Balaban J connectivity index is 0.00000364. The van der Waals surface area contributed by atoms with Crippen molar-refractivity contribution in [3.8, 4) is 5.75 Å². The second-order valence-electron chi connectivity index (χ2n) is 5.50. The molecule has 0 saturated heterocycles. The molecule has 7 heteroatoms. The first kappa shape index (κ1) is 23.6. The average molecular weight is 501 g/mol. The maximum Gasteiger partial charge on any atom is 0.191 e. The number of methoxy groups -OCH3 is 1. The third kappa shape index (κ3) is 9.88. The van der Waals surface area contributed by atoms with Crippen LogP contribution < -0.4 is 15.4 Å². The summed E-state index contributed by atoms with van der Waals surface area (Å²) >= 11 is 1.83. The highest BCUT2D eigenvalue weighted by Crippen LogP contribution is 2.15. The molecule has 2 rings (SSSR count). The molecule has 0 aliphatic rings. The van der Waals surface area contributed by atoms with Crippen molar-refractivity contribution in [2.75, 3.05) is 39.7 Å². The van der Waals surface area contributed by atoms with Crippen LogP contribution in [0, 0.1) is 0 Å². The smallest absolute Gasteiger partial charge is 0.191 e. The molecule has 2 aromatic carbocycles. The molecule has 0 fully saturated rings. The lowest BCUT2D eigenvalue weighted by atomic mass is 10.2. The van der Waals surface area contributed by atoms with Gasteiger partial charge in [-0.1, -0.05) is 30.3 Å². The van der Waals surface area contributed by atoms with Crippen LogP contribution in [0.2, 0.25) is 0 Å². The van der Waals surface area contributed by atoms with E-state index in [-0.39, 0.29) is 24.0 Å². The Morgan fingerprint density at radius 2 is 1.85 bits per heavy atom. The van der Waals surface area contributed by atoms with Crippen LogP contribution in [0.4, 0.5) is 0 Å². The van der Waals surface area contributed by atoms with E-state index in [2.05, 4.69) is 46.0 Å². The normalized spacial score (nSPS) is 10.8. The van der Waals surface area contributed by atoms with Crippen LogP contribution in [0.15, 0.2) is 64.5 Å². The third-order valence-electron chi connectivity index (χ3n) is 3.54. The molecule has 0 spiro atoms. The first-order chi connectivity index (χ1) is 12.8. The van der Waals surface area contributed by atoms with E-state index in [1.807, 2.05) is 36.0 Å². The molecule has 0 aromatic heterocycles. The monoisotopic (exact) mass is 501 g/mol. The molecule has 0 radical (unpaired) electrons. The largest absolute Gasteiger partial charge is 0.491 e. The van der Waals surface area contributed by atoms with Gasteiger partial charge in [0.2, 0.25) is 0 Å². The van der Waals surface area contributed by atoms with Gasteiger partial charge < -0.3 is 20.1 Å². The third-order valence-corrected chi connectivity index (χ3v) is 4.56. The number of nitrogens with zero attached hydrogens (tertiary/aromatic N) is 1. The Hall–Kier alpha value is -1.45. The molecule has 0 bridgehead atoms. The predicted molar refractivity (Wildman–Crippen MR) is 125 cm³/mol. The Bertz CT molecular complexity index is 671. The van der Waals surface area contributed by atoms with Gasteiger partial charge >= 0.3 is 0 Å². The quantitative estimate of drug-likeness (QED) is 0.171. The first-order valence-electron chi connectivity index (χ1n) is 8.65. The molecule has 2 aromatic rings. The maximum absolute atomic E-state index is 5.64. The number of halogens is 1. The molecule has 0 heterocycles. The highest BCUT2D eigenvalue weighted by Gasteiger charge is 2.01. The topological polar surface area (TPSA) is 54.9 Å². The molecule has 0 unspecified atom stereocenters. The van der Waals surface area contributed by atoms with E-state index >= 15 is 0 Å². The SMILES string of the molecule is CN=C(NCCSc1ccccc1)NCc1cccc(OCCOC)c1.I. The summed E-state index contributed by atoms with van der Waals surface area (Å²) in [5.41, 5.74) is 1.14. The van der Waals surface area contributed by atoms with Crippen molar-refractivity contribution < 1.29 is 9.47 Å². The summed E-state index contributed by atoms with van der Waals surface area (Å²) in [4.78, 5) is 5.55. The van der Waals surface area contributed by atoms with Gasteiger partial charge in [0.25, 0.3) is 0 Å². The van der Waals surface area contributed by atoms with Gasteiger partial charge in [-0.25, -0.2) is 0 Å². The molecule has 2 N–H and O–H groups in total. The van der Waals surface area contributed by atoms with Gasteiger partial charge in [0.15, 0.2) is 5.96 Å². The van der Waals surface area contributed by atoms with Crippen LogP contribution in [-0.2, 0) is 11.3 Å². The number of aliphatic imine (C=N–C) groups is 1. The van der Waals surface area contributed by atoms with Gasteiger partial charge in [0, 0.05) is 37.9 Å². The molecule has 0 aliphatic carbocycles. The van der Waals surface area contributed by atoms with Gasteiger partial charge in [-0.05, 0) is 29.8 Å². The predicted octanol–water partition coefficient (Wildman–Crippen LogP) is 3.79. The lowest BCUT2D eigenvalue weighted by Gasteiger charge is -2.13. The minimum Gasteiger partial charge on any atom is -0.491 e. The van der Waals surface area contributed by atoms with E-state index < -0.39 is 0 Å². The van der Waals surface area contributed by atoms with E-state index in [9.17, 15) is 0 Å². The Morgan fingerprint density at radius 3 is 2.59 bits per heavy atom. The molecule has 148 valence electrons. The molecule has 0 atom stereocenters. The molecular weight excluding hydrogens is 473 g/mol. The lowest BCUT2D eigenvalue weighted by molar-refractivity contribution is 0.146. The molecule has 27 heavy (non-hydrogen) atoms. The van der Waals surface area contributed by atoms with Gasteiger partial charge in [-0.3, -0.25) is 4.99 Å². The minimum absolute atomic E-state index is 0. The average Bonchev–Trinajstić information content (AvgIpc) is 2.69. The molecule has 0 saturated carbocycles. The number of hydrogen-bond acceptors (Lipinski definition) is 4. The van der Waals surface area contributed by atoms with Crippen LogP contribution in [0.25, 0.3) is 0 Å². The van der Waals surface area contributed by atoms with Crippen molar-refractivity contribution in [2.24, 2.45) is 4.99 Å². The second-order valence-corrected chi connectivity index (χ2v) is 6.67. The van der Waals surface area contributed by atoms with Crippen LogP contribution >= 0.6 is 35.7 Å². The molecule has 0 aliphatic heterocycles. The molecule has 5 nitrogen and oxygen atoms in total. The van der Waals surface area contributed by atoms with E-state index in [1.165, 1.54) is 4.90 Å². The van der Waals surface area contributed by atoms with E-state index in [0.717, 1.165) is 29.6 Å². The van der Waals surface area contributed by atoms with Crippen molar-refractivity contribution in [1.29, 1.82) is 0 Å². The van der Waals surface area contributed by atoms with Gasteiger partial charge in [-0.15, -0.1) is 35.7 Å². The summed E-state index contributed by atoms with van der Waals surface area (Å²) in [6.45, 7) is 2.67. The van der Waals surface area contributed by atoms with Crippen molar-refractivity contribution in [3.63, 3.8) is 0 Å². The summed E-state index contributed by atoms with van der Waals surface area (Å²) < 4.78 is 10.6. The summed E-state index contributed by atoms with van der Waals surface area (Å²) in [5.74, 6) is 2.63. The van der Waals surface area contributed by atoms with Crippen LogP contribution in [-0.4, -0.2) is 45.6 Å². The minimum atomic E-state index is 0. The van der Waals surface area contributed by atoms with Crippen molar-refractivity contribution in [2.45, 2.75) is 11.4 Å². The number of hydrogen-bond donors (Lipinski definition) is 2. The Kier molecular flexibility index (Phi) is 12.7. The van der Waals surface area contributed by atoms with Crippen LogP contribution in [0.1, 0.15) is 5.56 Å². The maximum atomic E-state index is 5.64. The van der Waals surface area contributed by atoms with E-state index in [0.29, 0.717) is 19.8 Å². The van der Waals surface area contributed by atoms with Crippen LogP contribution in [0.3, 0.4) is 0 Å². The van der Waals surface area contributed by atoms with Gasteiger partial charge in [0.1, 0.15) is 12.4 Å². The van der Waals surface area contributed by atoms with Crippen molar-refractivity contribution >= 4 is 41.7 Å². The zero-order valence-corrected chi connectivity index (χ0v) is 19.0. The van der Waals surface area contributed by atoms with E-state index in [1.54, 1.807) is 14.2 Å². The van der Waals surface area contributed by atoms with Gasteiger partial charge in [0.05, 0.1) is 6.61 Å². The Morgan fingerprint density at radius 1 is 1.04 bits per heavy atom. The summed E-state index contributed by atoms with van der Waals surface area (Å²) in [7, 11) is 3.45. The van der Waals surface area contributed by atoms with Crippen molar-refractivity contribution in [1.82, 2.24) is 10.6 Å². The summed E-state index contributed by atoms with van der Waals surface area (Å²) in [5, 5.41) is 6.66. The lowest BCUT2D eigenvalue weighted by Crippen LogP contribution is -2.37. The summed E-state index contributed by atoms with van der Waals surface area (Å²) in [6, 6.07) is 18.4. The second kappa shape index (κ2) is 14.6. The van der Waals surface area contributed by atoms with E-state index in [4.69, 9.17) is 9.47 Å². The number of rotatable bonds is 10. The fraction of sp³-hybridized carbons (Fsp3) is 0.350.